The van der Waals surface area contributed by atoms with Crippen molar-refractivity contribution >= 4 is 32.4 Å². The van der Waals surface area contributed by atoms with Crippen LogP contribution < -0.4 is 10.1 Å². The molecule has 0 aliphatic carbocycles. The zero-order valence-corrected chi connectivity index (χ0v) is 16.6. The zero-order valence-electron chi connectivity index (χ0n) is 15.8. The highest BCUT2D eigenvalue weighted by molar-refractivity contribution is 7.89. The van der Waals surface area contributed by atoms with E-state index in [9.17, 15) is 13.2 Å². The van der Waals surface area contributed by atoms with Crippen LogP contribution in [0.5, 0.6) is 5.75 Å². The lowest BCUT2D eigenvalue weighted by Gasteiger charge is -2.20. The zero-order chi connectivity index (χ0) is 20.1. The summed E-state index contributed by atoms with van der Waals surface area (Å²) in [5, 5.41) is 4.50. The van der Waals surface area contributed by atoms with Crippen LogP contribution in [0.3, 0.4) is 0 Å². The van der Waals surface area contributed by atoms with Crippen molar-refractivity contribution in [2.45, 2.75) is 11.8 Å². The van der Waals surface area contributed by atoms with Gasteiger partial charge >= 0.3 is 0 Å². The number of carbonyl (C=O) groups excluding carboxylic acids is 1. The Balaban J connectivity index is 1.79. The van der Waals surface area contributed by atoms with E-state index in [-0.39, 0.29) is 18.0 Å². The number of nitrogens with one attached hydrogen (secondary N) is 1. The summed E-state index contributed by atoms with van der Waals surface area (Å²) in [4.78, 5) is 12.6. The molecule has 0 saturated heterocycles. The molecule has 3 aromatic carbocycles. The summed E-state index contributed by atoms with van der Waals surface area (Å²) in [5.74, 6) is 0.188. The smallest absolute Gasteiger partial charge is 0.243 e. The fraction of sp³-hybridized carbons (Fsp3) is 0.190. The molecule has 0 unspecified atom stereocenters. The summed E-state index contributed by atoms with van der Waals surface area (Å²) in [6.45, 7) is 1.61. The Kier molecular flexibility index (Phi) is 5.96. The van der Waals surface area contributed by atoms with Crippen molar-refractivity contribution in [1.82, 2.24) is 4.31 Å². The van der Waals surface area contributed by atoms with Gasteiger partial charge in [0.2, 0.25) is 15.9 Å². The Morgan fingerprint density at radius 2 is 1.75 bits per heavy atom. The van der Waals surface area contributed by atoms with Gasteiger partial charge in [-0.15, -0.1) is 0 Å². The Hall–Kier alpha value is -2.90. The average molecular weight is 398 g/mol. The molecule has 0 fully saturated rings. The molecule has 3 rings (SSSR count). The van der Waals surface area contributed by atoms with Crippen LogP contribution in [0.1, 0.15) is 6.92 Å². The second-order valence-corrected chi connectivity index (χ2v) is 8.16. The van der Waals surface area contributed by atoms with Gasteiger partial charge in [0.25, 0.3) is 0 Å². The maximum absolute atomic E-state index is 13.0. The number of hydrogen-bond acceptors (Lipinski definition) is 4. The van der Waals surface area contributed by atoms with Gasteiger partial charge in [0.15, 0.2) is 0 Å². The van der Waals surface area contributed by atoms with E-state index in [0.29, 0.717) is 11.4 Å². The van der Waals surface area contributed by atoms with E-state index in [4.69, 9.17) is 4.74 Å². The molecule has 0 atom stereocenters. The number of anilines is 1. The molecule has 0 aliphatic rings. The van der Waals surface area contributed by atoms with Crippen LogP contribution in [-0.4, -0.2) is 38.8 Å². The van der Waals surface area contributed by atoms with Crippen LogP contribution in [0.25, 0.3) is 10.8 Å². The van der Waals surface area contributed by atoms with E-state index >= 15 is 0 Å². The van der Waals surface area contributed by atoms with E-state index in [1.54, 1.807) is 49.4 Å². The number of likely N-dealkylation sites (N-methyl/N-ethyl adjacent to an activating group) is 1. The highest BCUT2D eigenvalue weighted by Gasteiger charge is 2.25. The fourth-order valence-corrected chi connectivity index (χ4v) is 4.35. The minimum atomic E-state index is -3.79. The van der Waals surface area contributed by atoms with E-state index in [0.717, 1.165) is 15.1 Å². The number of amides is 1. The van der Waals surface area contributed by atoms with Crippen molar-refractivity contribution in [3.63, 3.8) is 0 Å². The molecule has 0 aromatic heterocycles. The second-order valence-electron chi connectivity index (χ2n) is 6.22. The van der Waals surface area contributed by atoms with Gasteiger partial charge in [0, 0.05) is 18.3 Å². The molecule has 0 spiro atoms. The molecule has 0 aliphatic heterocycles. The normalized spacial score (nSPS) is 11.5. The van der Waals surface area contributed by atoms with E-state index in [1.807, 2.05) is 24.3 Å². The maximum Gasteiger partial charge on any atom is 0.243 e. The molecule has 0 radical (unpaired) electrons. The lowest BCUT2D eigenvalue weighted by Crippen LogP contribution is -2.37. The Morgan fingerprint density at radius 3 is 2.46 bits per heavy atom. The van der Waals surface area contributed by atoms with Crippen molar-refractivity contribution in [3.8, 4) is 5.75 Å². The summed E-state index contributed by atoms with van der Waals surface area (Å²) < 4.78 is 32.3. The number of ether oxygens (including phenoxy) is 1. The summed E-state index contributed by atoms with van der Waals surface area (Å²) in [5.41, 5.74) is 0.545. The molecule has 3 aromatic rings. The first-order valence-electron chi connectivity index (χ1n) is 8.87. The molecule has 146 valence electrons. The molecular formula is C21H22N2O4S. The SMILES string of the molecule is CCN(CC(=O)Nc1cccc(OC)c1)S(=O)(=O)c1ccc2ccccc2c1. The van der Waals surface area contributed by atoms with Crippen molar-refractivity contribution in [2.75, 3.05) is 25.5 Å². The summed E-state index contributed by atoms with van der Waals surface area (Å²) >= 11 is 0. The van der Waals surface area contributed by atoms with Gasteiger partial charge in [-0.2, -0.15) is 4.31 Å². The Bertz CT molecular complexity index is 1100. The lowest BCUT2D eigenvalue weighted by molar-refractivity contribution is -0.116. The predicted molar refractivity (Wildman–Crippen MR) is 110 cm³/mol. The number of sulfonamides is 1. The number of carbonyl (C=O) groups is 1. The van der Waals surface area contributed by atoms with Gasteiger partial charge in [-0.1, -0.05) is 43.3 Å². The number of benzene rings is 3. The number of nitrogens with zero attached hydrogens (tertiary/aromatic N) is 1. The minimum Gasteiger partial charge on any atom is -0.497 e. The molecular weight excluding hydrogens is 376 g/mol. The molecule has 7 heteroatoms. The summed E-state index contributed by atoms with van der Waals surface area (Å²) in [7, 11) is -2.26. The third kappa shape index (κ3) is 4.32. The first kappa shape index (κ1) is 19.9. The van der Waals surface area contributed by atoms with Crippen molar-refractivity contribution in [3.05, 3.63) is 66.7 Å². The summed E-state index contributed by atoms with van der Waals surface area (Å²) in [6, 6.07) is 19.4. The number of methoxy groups -OCH3 is 1. The molecule has 0 saturated carbocycles. The number of rotatable bonds is 7. The number of fused-ring (bicyclic) bond motifs is 1. The quantitative estimate of drug-likeness (QED) is 0.661. The van der Waals surface area contributed by atoms with E-state index < -0.39 is 15.9 Å². The van der Waals surface area contributed by atoms with Crippen LogP contribution >= 0.6 is 0 Å². The molecule has 0 heterocycles. The Labute approximate surface area is 164 Å². The largest absolute Gasteiger partial charge is 0.497 e. The first-order valence-corrected chi connectivity index (χ1v) is 10.3. The molecule has 28 heavy (non-hydrogen) atoms. The highest BCUT2D eigenvalue weighted by Crippen LogP contribution is 2.22. The molecule has 6 nitrogen and oxygen atoms in total. The van der Waals surface area contributed by atoms with Crippen molar-refractivity contribution in [2.24, 2.45) is 0 Å². The predicted octanol–water partition coefficient (Wildman–Crippen LogP) is 3.50. The maximum atomic E-state index is 13.0. The topological polar surface area (TPSA) is 75.7 Å². The second kappa shape index (κ2) is 8.41. The van der Waals surface area contributed by atoms with Gasteiger partial charge in [-0.05, 0) is 35.0 Å². The van der Waals surface area contributed by atoms with Gasteiger partial charge in [0.1, 0.15) is 5.75 Å². The van der Waals surface area contributed by atoms with Gasteiger partial charge in [-0.25, -0.2) is 8.42 Å². The third-order valence-corrected chi connectivity index (χ3v) is 6.30. The molecule has 0 bridgehead atoms. The standard InChI is InChI=1S/C21H22N2O4S/c1-3-23(15-21(24)22-18-9-6-10-19(14-18)27-2)28(25,26)20-12-11-16-7-4-5-8-17(16)13-20/h4-14H,3,15H2,1-2H3,(H,22,24). The lowest BCUT2D eigenvalue weighted by atomic mass is 10.1. The van der Waals surface area contributed by atoms with Crippen LogP contribution in [0.4, 0.5) is 5.69 Å². The number of hydrogen-bond donors (Lipinski definition) is 1. The molecule has 1 amide bonds. The first-order chi connectivity index (χ1) is 13.4. The third-order valence-electron chi connectivity index (χ3n) is 4.38. The van der Waals surface area contributed by atoms with Gasteiger partial charge in [-0.3, -0.25) is 4.79 Å². The van der Waals surface area contributed by atoms with Gasteiger partial charge in [0.05, 0.1) is 18.6 Å². The van der Waals surface area contributed by atoms with E-state index in [2.05, 4.69) is 5.32 Å². The van der Waals surface area contributed by atoms with Gasteiger partial charge < -0.3 is 10.1 Å². The fourth-order valence-electron chi connectivity index (χ4n) is 2.91. The van der Waals surface area contributed by atoms with Crippen LogP contribution in [-0.2, 0) is 14.8 Å². The average Bonchev–Trinajstić information content (AvgIpc) is 2.71. The van der Waals surface area contributed by atoms with Crippen molar-refractivity contribution < 1.29 is 17.9 Å². The Morgan fingerprint density at radius 1 is 1.00 bits per heavy atom. The summed E-state index contributed by atoms with van der Waals surface area (Å²) in [6.07, 6.45) is 0. The van der Waals surface area contributed by atoms with Crippen molar-refractivity contribution in [1.29, 1.82) is 0 Å². The monoisotopic (exact) mass is 398 g/mol. The van der Waals surface area contributed by atoms with E-state index in [1.165, 1.54) is 7.11 Å². The minimum absolute atomic E-state index is 0.169. The molecule has 1 N–H and O–H groups in total. The van der Waals surface area contributed by atoms with Crippen LogP contribution in [0.15, 0.2) is 71.6 Å². The van der Waals surface area contributed by atoms with Crippen LogP contribution in [0.2, 0.25) is 0 Å². The highest BCUT2D eigenvalue weighted by atomic mass is 32.2. The van der Waals surface area contributed by atoms with Crippen LogP contribution in [0, 0.1) is 0 Å².